The van der Waals surface area contributed by atoms with Crippen molar-refractivity contribution in [1.29, 1.82) is 0 Å². The highest BCUT2D eigenvalue weighted by molar-refractivity contribution is 14.1. The van der Waals surface area contributed by atoms with Crippen molar-refractivity contribution in [3.05, 3.63) is 0 Å². The fourth-order valence-corrected chi connectivity index (χ4v) is 1.79. The zero-order chi connectivity index (χ0) is 9.14. The van der Waals surface area contributed by atoms with Crippen molar-refractivity contribution in [1.82, 2.24) is 9.80 Å². The highest BCUT2D eigenvalue weighted by Crippen LogP contribution is 2.11. The summed E-state index contributed by atoms with van der Waals surface area (Å²) >= 11 is 2.19. The molecule has 4 nitrogen and oxygen atoms in total. The van der Waals surface area contributed by atoms with E-state index in [1.807, 2.05) is 0 Å². The van der Waals surface area contributed by atoms with E-state index in [2.05, 4.69) is 22.6 Å². The van der Waals surface area contributed by atoms with Gasteiger partial charge in [-0.05, 0) is 22.6 Å². The van der Waals surface area contributed by atoms with Gasteiger partial charge in [0.05, 0.1) is 13.2 Å². The maximum atomic E-state index is 11.4. The Kier molecular flexibility index (Phi) is 3.57. The minimum atomic E-state index is 0.0694. The Labute approximate surface area is 86.0 Å². The van der Waals surface area contributed by atoms with Crippen LogP contribution in [0.3, 0.4) is 0 Å². The molecule has 0 spiro atoms. The van der Waals surface area contributed by atoms with Crippen LogP contribution < -0.4 is 0 Å². The molecule has 1 rings (SSSR count). The Bertz CT molecular complexity index is 175. The number of morpholine rings is 1. The topological polar surface area (TPSA) is 32.8 Å². The standard InChI is InChI=1S/C7H13IN2O2/c1-9(2)7(11)10-3-4-12-6(8)5-10/h6H,3-5H2,1-2H3. The van der Waals surface area contributed by atoms with Gasteiger partial charge in [0.1, 0.15) is 4.11 Å². The quantitative estimate of drug-likeness (QED) is 0.486. The lowest BCUT2D eigenvalue weighted by molar-refractivity contribution is 0.0366. The zero-order valence-electron chi connectivity index (χ0n) is 7.29. The minimum absolute atomic E-state index is 0.0694. The summed E-state index contributed by atoms with van der Waals surface area (Å²) in [6.07, 6.45) is 0. The van der Waals surface area contributed by atoms with Crippen molar-refractivity contribution in [2.24, 2.45) is 0 Å². The first-order valence-electron chi connectivity index (χ1n) is 3.83. The highest BCUT2D eigenvalue weighted by Gasteiger charge is 2.22. The molecule has 1 unspecified atom stereocenters. The van der Waals surface area contributed by atoms with Crippen LogP contribution >= 0.6 is 22.6 Å². The Morgan fingerprint density at radius 2 is 2.33 bits per heavy atom. The molecule has 0 bridgehead atoms. The molecule has 0 aromatic carbocycles. The van der Waals surface area contributed by atoms with E-state index in [9.17, 15) is 4.79 Å². The van der Waals surface area contributed by atoms with Gasteiger partial charge in [0, 0.05) is 20.6 Å². The number of carbonyl (C=O) groups excluding carboxylic acids is 1. The van der Waals surface area contributed by atoms with Crippen molar-refractivity contribution in [2.45, 2.75) is 4.11 Å². The molecule has 5 heteroatoms. The highest BCUT2D eigenvalue weighted by atomic mass is 127. The fraction of sp³-hybridized carbons (Fsp3) is 0.857. The maximum Gasteiger partial charge on any atom is 0.319 e. The lowest BCUT2D eigenvalue weighted by Crippen LogP contribution is -2.47. The van der Waals surface area contributed by atoms with Crippen LogP contribution in [-0.2, 0) is 4.74 Å². The molecule has 2 amide bonds. The van der Waals surface area contributed by atoms with Gasteiger partial charge in [-0.15, -0.1) is 0 Å². The Morgan fingerprint density at radius 1 is 1.67 bits per heavy atom. The van der Waals surface area contributed by atoms with Crippen LogP contribution in [0, 0.1) is 0 Å². The Balaban J connectivity index is 2.46. The van der Waals surface area contributed by atoms with Crippen LogP contribution in [0.4, 0.5) is 4.79 Å². The summed E-state index contributed by atoms with van der Waals surface area (Å²) in [5, 5.41) is 0. The van der Waals surface area contributed by atoms with Crippen molar-refractivity contribution < 1.29 is 9.53 Å². The minimum Gasteiger partial charge on any atom is -0.364 e. The van der Waals surface area contributed by atoms with Gasteiger partial charge in [-0.25, -0.2) is 4.79 Å². The SMILES string of the molecule is CN(C)C(=O)N1CCOC(I)C1. The van der Waals surface area contributed by atoms with E-state index in [4.69, 9.17) is 4.74 Å². The van der Waals surface area contributed by atoms with Crippen molar-refractivity contribution >= 4 is 28.6 Å². The number of carbonyl (C=O) groups is 1. The van der Waals surface area contributed by atoms with Crippen LogP contribution in [-0.4, -0.2) is 53.7 Å². The summed E-state index contributed by atoms with van der Waals surface area (Å²) in [5.74, 6) is 0. The summed E-state index contributed by atoms with van der Waals surface area (Å²) in [4.78, 5) is 14.8. The predicted octanol–water partition coefficient (Wildman–Crippen LogP) is 0.761. The predicted molar refractivity (Wildman–Crippen MR) is 54.4 cm³/mol. The lowest BCUT2D eigenvalue weighted by atomic mass is 10.4. The molecule has 1 saturated heterocycles. The van der Waals surface area contributed by atoms with E-state index in [0.717, 1.165) is 0 Å². The van der Waals surface area contributed by atoms with E-state index in [0.29, 0.717) is 19.7 Å². The summed E-state index contributed by atoms with van der Waals surface area (Å²) in [7, 11) is 3.53. The van der Waals surface area contributed by atoms with E-state index >= 15 is 0 Å². The van der Waals surface area contributed by atoms with Crippen LogP contribution in [0.15, 0.2) is 0 Å². The second kappa shape index (κ2) is 4.27. The smallest absolute Gasteiger partial charge is 0.319 e. The number of halogens is 1. The molecule has 12 heavy (non-hydrogen) atoms. The van der Waals surface area contributed by atoms with Gasteiger partial charge in [-0.1, -0.05) is 0 Å². The van der Waals surface area contributed by atoms with Gasteiger partial charge in [-0.2, -0.15) is 0 Å². The van der Waals surface area contributed by atoms with Crippen molar-refractivity contribution in [3.8, 4) is 0 Å². The molecule has 0 aromatic heterocycles. The van der Waals surface area contributed by atoms with Crippen LogP contribution in [0.5, 0.6) is 0 Å². The van der Waals surface area contributed by atoms with E-state index in [1.165, 1.54) is 0 Å². The molecule has 0 radical (unpaired) electrons. The number of amides is 2. The molecule has 1 aliphatic rings. The van der Waals surface area contributed by atoms with Crippen LogP contribution in [0.25, 0.3) is 0 Å². The van der Waals surface area contributed by atoms with E-state index in [-0.39, 0.29) is 10.1 Å². The van der Waals surface area contributed by atoms with Gasteiger partial charge < -0.3 is 14.5 Å². The first kappa shape index (κ1) is 10.0. The maximum absolute atomic E-state index is 11.4. The molecule has 70 valence electrons. The summed E-state index contributed by atoms with van der Waals surface area (Å²) in [5.41, 5.74) is 0. The van der Waals surface area contributed by atoms with E-state index in [1.54, 1.807) is 23.9 Å². The third kappa shape index (κ3) is 2.48. The third-order valence-electron chi connectivity index (χ3n) is 1.68. The summed E-state index contributed by atoms with van der Waals surface area (Å²) in [6.45, 7) is 2.04. The number of urea groups is 1. The van der Waals surface area contributed by atoms with Crippen molar-refractivity contribution in [3.63, 3.8) is 0 Å². The first-order chi connectivity index (χ1) is 5.61. The average molecular weight is 284 g/mol. The van der Waals surface area contributed by atoms with Crippen LogP contribution in [0.1, 0.15) is 0 Å². The molecule has 0 saturated carbocycles. The van der Waals surface area contributed by atoms with Crippen LogP contribution in [0.2, 0.25) is 0 Å². The Hall–Kier alpha value is -0.0400. The fourth-order valence-electron chi connectivity index (χ4n) is 1.06. The number of hydrogen-bond donors (Lipinski definition) is 0. The van der Waals surface area contributed by atoms with Gasteiger partial charge >= 0.3 is 6.03 Å². The molecular formula is C7H13IN2O2. The molecular weight excluding hydrogens is 271 g/mol. The van der Waals surface area contributed by atoms with Gasteiger partial charge in [0.25, 0.3) is 0 Å². The molecule has 0 aromatic rings. The lowest BCUT2D eigenvalue weighted by Gasteiger charge is -2.32. The molecule has 0 aliphatic carbocycles. The van der Waals surface area contributed by atoms with Gasteiger partial charge in [0.2, 0.25) is 0 Å². The second-order valence-electron chi connectivity index (χ2n) is 2.90. The third-order valence-corrected chi connectivity index (χ3v) is 2.43. The summed E-state index contributed by atoms with van der Waals surface area (Å²) < 4.78 is 5.45. The zero-order valence-corrected chi connectivity index (χ0v) is 9.45. The molecule has 1 aliphatic heterocycles. The second-order valence-corrected chi connectivity index (χ2v) is 4.29. The number of ether oxygens (including phenoxy) is 1. The van der Waals surface area contributed by atoms with Gasteiger partial charge in [0.15, 0.2) is 0 Å². The number of nitrogens with zero attached hydrogens (tertiary/aromatic N) is 2. The average Bonchev–Trinajstić information content (AvgIpc) is 2.03. The largest absolute Gasteiger partial charge is 0.364 e. The number of rotatable bonds is 0. The monoisotopic (exact) mass is 284 g/mol. The molecule has 0 N–H and O–H groups in total. The first-order valence-corrected chi connectivity index (χ1v) is 5.07. The molecule has 1 fully saturated rings. The summed E-state index contributed by atoms with van der Waals surface area (Å²) in [6, 6.07) is 0.0694. The van der Waals surface area contributed by atoms with Gasteiger partial charge in [-0.3, -0.25) is 0 Å². The normalized spacial score (nSPS) is 23.9. The number of alkyl halides is 1. The molecule has 1 heterocycles. The van der Waals surface area contributed by atoms with Crippen molar-refractivity contribution in [2.75, 3.05) is 33.8 Å². The number of hydrogen-bond acceptors (Lipinski definition) is 2. The van der Waals surface area contributed by atoms with E-state index < -0.39 is 0 Å². The molecule has 1 atom stereocenters. The Morgan fingerprint density at radius 3 is 2.83 bits per heavy atom.